The second-order valence-electron chi connectivity index (χ2n) is 29.4. The highest BCUT2D eigenvalue weighted by Gasteiger charge is 2.52. The Labute approximate surface area is 557 Å². The molecule has 25 heteroatoms. The molecule has 11 rings (SSSR count). The van der Waals surface area contributed by atoms with Crippen LogP contribution in [0.5, 0.6) is 0 Å². The van der Waals surface area contributed by atoms with Gasteiger partial charge in [-0.3, -0.25) is 29.3 Å². The van der Waals surface area contributed by atoms with E-state index in [2.05, 4.69) is 6.58 Å². The third-order valence-corrected chi connectivity index (χ3v) is 16.3. The van der Waals surface area contributed by atoms with E-state index in [1.165, 1.54) is 4.90 Å². The van der Waals surface area contributed by atoms with Gasteiger partial charge >= 0.3 is 30.5 Å². The first-order chi connectivity index (χ1) is 41.5. The number of fused-ring (bicyclic) bond motifs is 10. The van der Waals surface area contributed by atoms with E-state index >= 15 is 0 Å². The number of morpholine rings is 5. The van der Waals surface area contributed by atoms with Gasteiger partial charge in [0.15, 0.2) is 5.78 Å². The van der Waals surface area contributed by atoms with Gasteiger partial charge in [-0.15, -0.1) is 24.0 Å². The Hall–Kier alpha value is -4.90. The number of carbonyl (C=O) groups is 7. The molecule has 13 unspecified atom stereocenters. The van der Waals surface area contributed by atoms with Gasteiger partial charge in [0.2, 0.25) is 0 Å². The van der Waals surface area contributed by atoms with Crippen molar-refractivity contribution in [1.29, 1.82) is 0 Å². The fraction of sp³-hybridized carbons (Fsp3) is 0.773. The number of aliphatic hydroxyl groups excluding tert-OH is 1. The Morgan fingerprint density at radius 2 is 0.890 bits per heavy atom. The van der Waals surface area contributed by atoms with Crippen LogP contribution in [0.3, 0.4) is 0 Å². The van der Waals surface area contributed by atoms with Gasteiger partial charge in [-0.2, -0.15) is 0 Å². The maximum absolute atomic E-state index is 12.5. The van der Waals surface area contributed by atoms with Crippen molar-refractivity contribution in [2.45, 2.75) is 245 Å². The van der Waals surface area contributed by atoms with E-state index in [1.54, 1.807) is 14.7 Å². The molecule has 10 aliphatic rings. The summed E-state index contributed by atoms with van der Waals surface area (Å²) in [5.74, 6) is 0.0818. The van der Waals surface area contributed by atoms with Gasteiger partial charge in [0.1, 0.15) is 40.3 Å². The Balaban J connectivity index is 0.000000245. The van der Waals surface area contributed by atoms with Crippen molar-refractivity contribution in [3.8, 4) is 0 Å². The average Bonchev–Trinajstić information content (AvgIpc) is 1.69. The molecule has 10 heterocycles. The summed E-state index contributed by atoms with van der Waals surface area (Å²) in [5.41, 5.74) is -0.245. The maximum Gasteiger partial charge on any atom is 0.411 e. The summed E-state index contributed by atoms with van der Waals surface area (Å²) in [7, 11) is 0. The lowest BCUT2D eigenvalue weighted by Crippen LogP contribution is -2.52. The second-order valence-corrected chi connectivity index (χ2v) is 29.4. The SMILES string of the molecule is C.C=C1CC2COCC1N2C(=O)OC(C)(C)C.CC(C)(C)OC(=O)N1C2COCC1C(=O)C2.CC(C)(C)OC(=O)N1C2COCC1C(C=O)C2.CC(C)(C)OC(=O)N1C2COCC1C(CO)C2.CC(C)(C)OC(=O)N1C2COCC1C(OCc1ccccc1)C2.I.[HH]. The number of ketones is 1. The standard InChI is InChI=1S/C18H25NO4.C12H21NO4.C12H19NO4.C12H19NO3.C11H17NO4.CH4.HI.H2/c1-18(2,3)23-17(20)19-14-9-16(15(19)12-21-11-14)22-10-13-7-5-4-6-8-13;2*1-12(2,3)17-11(15)13-9-4-8(5-14)10(13)7-16-6-9;1-8-5-9-6-15-7-10(8)13(9)11(14)16-12(2,3)4;1-11(2,3)16-10(14)12-7-4-9(13)8(12)6-15-5-7;;;/h4-8,14-16H,9-12H2,1-3H3;8-10,14H,4-7H2,1-3H3;5,8-10H,4,6-7H2,1-3H3;9-10H,1,5-7H2,2-4H3;7-8H,4-6H2,1-3H3;1H4;2*1H. The van der Waals surface area contributed by atoms with Crippen LogP contribution in [0.15, 0.2) is 42.5 Å². The molecule has 0 spiro atoms. The number of nitrogens with zero attached hydrogens (tertiary/aromatic N) is 5. The molecule has 0 radical (unpaired) electrons. The lowest BCUT2D eigenvalue weighted by molar-refractivity contribution is -0.122. The second kappa shape index (κ2) is 32.0. The van der Waals surface area contributed by atoms with Crippen LogP contribution >= 0.6 is 24.0 Å². The third kappa shape index (κ3) is 21.0. The van der Waals surface area contributed by atoms with Crippen molar-refractivity contribution in [3.05, 3.63) is 48.0 Å². The Kier molecular flexibility index (Phi) is 27.0. The first-order valence-corrected chi connectivity index (χ1v) is 31.4. The fourth-order valence-electron chi connectivity index (χ4n) is 12.6. The first kappa shape index (κ1) is 76.8. The zero-order valence-corrected chi connectivity index (χ0v) is 58.0. The molecular formula is C66H108IN5O19. The number of carbonyl (C=O) groups excluding carboxylic acids is 7. The van der Waals surface area contributed by atoms with E-state index in [4.69, 9.17) is 52.1 Å². The van der Waals surface area contributed by atoms with Crippen LogP contribution in [0.1, 0.15) is 150 Å². The Morgan fingerprint density at radius 3 is 1.34 bits per heavy atom. The molecule has 10 fully saturated rings. The minimum Gasteiger partial charge on any atom is -0.444 e. The molecule has 10 aliphatic heterocycles. The smallest absolute Gasteiger partial charge is 0.411 e. The normalized spacial score (nSPS) is 29.4. The Morgan fingerprint density at radius 1 is 0.516 bits per heavy atom. The number of Topliss-reactive ketones (excluding diaryl/α,β-unsaturated/α-hetero) is 1. The van der Waals surface area contributed by atoms with E-state index in [-0.39, 0.29) is 142 Å². The number of halogens is 1. The molecule has 91 heavy (non-hydrogen) atoms. The van der Waals surface area contributed by atoms with Gasteiger partial charge in [0.25, 0.3) is 0 Å². The van der Waals surface area contributed by atoms with Crippen LogP contribution in [0.2, 0.25) is 0 Å². The van der Waals surface area contributed by atoms with Gasteiger partial charge in [0.05, 0.1) is 133 Å². The molecule has 1 aromatic carbocycles. The summed E-state index contributed by atoms with van der Waals surface area (Å²) in [6, 6.07) is 9.47. The topological polar surface area (TPSA) is 257 Å². The number of ether oxygens (including phenoxy) is 11. The molecule has 0 saturated carbocycles. The molecule has 518 valence electrons. The molecular weight excluding hydrogens is 1290 g/mol. The van der Waals surface area contributed by atoms with Gasteiger partial charge in [-0.25, -0.2) is 24.0 Å². The predicted molar refractivity (Wildman–Crippen MR) is 349 cm³/mol. The molecule has 0 aliphatic carbocycles. The summed E-state index contributed by atoms with van der Waals surface area (Å²) in [4.78, 5) is 91.8. The molecule has 13 atom stereocenters. The summed E-state index contributed by atoms with van der Waals surface area (Å²) in [5, 5.41) is 9.31. The number of hydrogen-bond donors (Lipinski definition) is 1. The van der Waals surface area contributed by atoms with Crippen LogP contribution < -0.4 is 0 Å². The zero-order chi connectivity index (χ0) is 65.6. The minimum absolute atomic E-state index is 0. The fourth-order valence-corrected chi connectivity index (χ4v) is 12.6. The Bertz CT molecular complexity index is 2560. The van der Waals surface area contributed by atoms with Crippen LogP contribution in [-0.2, 0) is 68.3 Å². The van der Waals surface area contributed by atoms with Gasteiger partial charge in [0, 0.05) is 26.3 Å². The molecule has 10 bridgehead atoms. The molecule has 24 nitrogen and oxygen atoms in total. The zero-order valence-electron chi connectivity index (χ0n) is 55.6. The molecule has 1 N–H and O–H groups in total. The number of aliphatic hydroxyl groups is 1. The monoisotopic (exact) mass is 1400 g/mol. The van der Waals surface area contributed by atoms with Crippen molar-refractivity contribution >= 4 is 66.5 Å². The van der Waals surface area contributed by atoms with Crippen LogP contribution in [0, 0.1) is 11.8 Å². The minimum atomic E-state index is -0.530. The average molecular weight is 1400 g/mol. The number of aldehydes is 1. The van der Waals surface area contributed by atoms with Crippen LogP contribution in [0.25, 0.3) is 0 Å². The number of benzene rings is 1. The van der Waals surface area contributed by atoms with E-state index < -0.39 is 40.1 Å². The summed E-state index contributed by atoms with van der Waals surface area (Å²) >= 11 is 0. The van der Waals surface area contributed by atoms with E-state index in [0.717, 1.165) is 36.7 Å². The number of hydrogen-bond acceptors (Lipinski definition) is 19. The molecule has 10 saturated heterocycles. The van der Waals surface area contributed by atoms with Crippen LogP contribution in [-0.4, -0.2) is 239 Å². The predicted octanol–water partition coefficient (Wildman–Crippen LogP) is 9.61. The van der Waals surface area contributed by atoms with Gasteiger partial charge in [-0.05, 0) is 135 Å². The number of rotatable bonds is 5. The molecule has 5 amide bonds. The van der Waals surface area contributed by atoms with Crippen molar-refractivity contribution in [2.75, 3.05) is 72.7 Å². The summed E-state index contributed by atoms with van der Waals surface area (Å²) in [6.45, 7) is 37.4. The summed E-state index contributed by atoms with van der Waals surface area (Å²) in [6.07, 6.45) is 2.92. The largest absolute Gasteiger partial charge is 0.444 e. The van der Waals surface area contributed by atoms with Crippen molar-refractivity contribution in [3.63, 3.8) is 0 Å². The van der Waals surface area contributed by atoms with E-state index in [1.807, 2.05) is 139 Å². The lowest BCUT2D eigenvalue weighted by Gasteiger charge is -2.36. The van der Waals surface area contributed by atoms with Gasteiger partial charge < -0.3 is 62.0 Å². The van der Waals surface area contributed by atoms with Crippen molar-refractivity contribution in [2.24, 2.45) is 11.8 Å². The highest BCUT2D eigenvalue weighted by molar-refractivity contribution is 14.0. The quantitative estimate of drug-likeness (QED) is 0.124. The third-order valence-electron chi connectivity index (χ3n) is 16.3. The lowest BCUT2D eigenvalue weighted by atomic mass is 10.0. The highest BCUT2D eigenvalue weighted by Crippen LogP contribution is 2.38. The molecule has 1 aromatic rings. The highest BCUT2D eigenvalue weighted by atomic mass is 127. The van der Waals surface area contributed by atoms with Crippen LogP contribution in [0.4, 0.5) is 24.0 Å². The number of amides is 5. The van der Waals surface area contributed by atoms with Crippen molar-refractivity contribution < 1.29 is 92.2 Å². The molecule has 0 aromatic heterocycles. The van der Waals surface area contributed by atoms with Crippen molar-refractivity contribution in [1.82, 2.24) is 24.5 Å². The van der Waals surface area contributed by atoms with Gasteiger partial charge in [-0.1, -0.05) is 49.9 Å². The van der Waals surface area contributed by atoms with E-state index in [9.17, 15) is 38.7 Å². The first-order valence-electron chi connectivity index (χ1n) is 31.4. The van der Waals surface area contributed by atoms with E-state index in [0.29, 0.717) is 85.5 Å². The maximum atomic E-state index is 12.5. The summed E-state index contributed by atoms with van der Waals surface area (Å²) < 4.78 is 60.2.